The second kappa shape index (κ2) is 5.72. The van der Waals surface area contributed by atoms with Gasteiger partial charge in [0.2, 0.25) is 0 Å². The molecule has 1 aliphatic rings. The van der Waals surface area contributed by atoms with E-state index in [9.17, 15) is 0 Å². The molecule has 1 aromatic carbocycles. The molecule has 3 nitrogen and oxygen atoms in total. The predicted molar refractivity (Wildman–Crippen MR) is 77.6 cm³/mol. The second-order valence-electron chi connectivity index (χ2n) is 4.84. The molecule has 1 heterocycles. The van der Waals surface area contributed by atoms with E-state index in [0.717, 1.165) is 17.2 Å². The summed E-state index contributed by atoms with van der Waals surface area (Å²) in [6.45, 7) is 1.26. The summed E-state index contributed by atoms with van der Waals surface area (Å²) in [5.41, 5.74) is 7.05. The lowest BCUT2D eigenvalue weighted by Crippen LogP contribution is -2.17. The number of aromatic nitrogens is 1. The van der Waals surface area contributed by atoms with E-state index >= 15 is 0 Å². The summed E-state index contributed by atoms with van der Waals surface area (Å²) in [6, 6.07) is 9.88. The Morgan fingerprint density at radius 1 is 1.32 bits per heavy atom. The van der Waals surface area contributed by atoms with Crippen molar-refractivity contribution in [2.75, 3.05) is 6.54 Å². The van der Waals surface area contributed by atoms with E-state index in [1.54, 1.807) is 11.3 Å². The lowest BCUT2D eigenvalue weighted by atomic mass is 9.91. The van der Waals surface area contributed by atoms with Gasteiger partial charge in [-0.2, -0.15) is 0 Å². The number of para-hydroxylation sites is 1. The van der Waals surface area contributed by atoms with Crippen LogP contribution in [0.4, 0.5) is 0 Å². The number of aryl methyl sites for hydroxylation is 1. The number of ether oxygens (including phenoxy) is 1. The summed E-state index contributed by atoms with van der Waals surface area (Å²) in [5, 5.41) is 1.06. The van der Waals surface area contributed by atoms with Gasteiger partial charge in [-0.15, -0.1) is 11.3 Å². The van der Waals surface area contributed by atoms with Gasteiger partial charge in [0.1, 0.15) is 17.4 Å². The van der Waals surface area contributed by atoms with E-state index in [1.807, 2.05) is 30.3 Å². The van der Waals surface area contributed by atoms with Gasteiger partial charge in [-0.25, -0.2) is 4.98 Å². The fourth-order valence-corrected chi connectivity index (χ4v) is 3.62. The van der Waals surface area contributed by atoms with Crippen LogP contribution in [0.5, 0.6) is 5.75 Å². The SMILES string of the molecule is NCC1CCCc2sc(COc3ccccc3)nc21. The lowest BCUT2D eigenvalue weighted by molar-refractivity contribution is 0.305. The van der Waals surface area contributed by atoms with Crippen LogP contribution in [-0.4, -0.2) is 11.5 Å². The highest BCUT2D eigenvalue weighted by Gasteiger charge is 2.23. The number of hydrogen-bond acceptors (Lipinski definition) is 4. The van der Waals surface area contributed by atoms with Crippen LogP contribution in [0.2, 0.25) is 0 Å². The molecule has 2 N–H and O–H groups in total. The molecule has 0 aliphatic heterocycles. The fourth-order valence-electron chi connectivity index (χ4n) is 2.51. The van der Waals surface area contributed by atoms with Gasteiger partial charge >= 0.3 is 0 Å². The summed E-state index contributed by atoms with van der Waals surface area (Å²) in [7, 11) is 0. The van der Waals surface area contributed by atoms with E-state index in [2.05, 4.69) is 0 Å². The van der Waals surface area contributed by atoms with Crippen LogP contribution in [0.15, 0.2) is 30.3 Å². The average Bonchev–Trinajstić information content (AvgIpc) is 2.89. The van der Waals surface area contributed by atoms with Gasteiger partial charge in [-0.3, -0.25) is 0 Å². The Hall–Kier alpha value is -1.39. The molecule has 0 bridgehead atoms. The molecule has 2 aromatic rings. The monoisotopic (exact) mass is 274 g/mol. The average molecular weight is 274 g/mol. The summed E-state index contributed by atoms with van der Waals surface area (Å²) in [6.07, 6.45) is 3.55. The maximum Gasteiger partial charge on any atom is 0.140 e. The molecule has 0 saturated carbocycles. The molecule has 100 valence electrons. The Labute approximate surface area is 117 Å². The number of benzene rings is 1. The lowest BCUT2D eigenvalue weighted by Gasteiger charge is -2.18. The van der Waals surface area contributed by atoms with Gasteiger partial charge in [0.25, 0.3) is 0 Å². The third-order valence-corrected chi connectivity index (χ3v) is 4.61. The second-order valence-corrected chi connectivity index (χ2v) is 6.01. The molecule has 0 amide bonds. The normalized spacial score (nSPS) is 18.1. The van der Waals surface area contributed by atoms with Crippen molar-refractivity contribution in [2.24, 2.45) is 5.73 Å². The van der Waals surface area contributed by atoms with Gasteiger partial charge in [-0.1, -0.05) is 18.2 Å². The zero-order valence-electron chi connectivity index (χ0n) is 10.8. The Balaban J connectivity index is 1.71. The van der Waals surface area contributed by atoms with Crippen molar-refractivity contribution >= 4 is 11.3 Å². The minimum absolute atomic E-state index is 0.450. The molecular formula is C15H18N2OS. The number of thiazole rings is 1. The third-order valence-electron chi connectivity index (χ3n) is 3.51. The van der Waals surface area contributed by atoms with E-state index < -0.39 is 0 Å². The molecule has 0 saturated heterocycles. The van der Waals surface area contributed by atoms with Crippen molar-refractivity contribution in [2.45, 2.75) is 31.8 Å². The molecule has 19 heavy (non-hydrogen) atoms. The maximum atomic E-state index is 5.83. The van der Waals surface area contributed by atoms with Crippen molar-refractivity contribution in [3.05, 3.63) is 45.9 Å². The molecule has 1 aliphatic carbocycles. The summed E-state index contributed by atoms with van der Waals surface area (Å²) in [4.78, 5) is 6.14. The largest absolute Gasteiger partial charge is 0.486 e. The highest BCUT2D eigenvalue weighted by Crippen LogP contribution is 2.34. The summed E-state index contributed by atoms with van der Waals surface area (Å²) in [5.74, 6) is 1.34. The van der Waals surface area contributed by atoms with Crippen LogP contribution in [0, 0.1) is 0 Å². The zero-order chi connectivity index (χ0) is 13.1. The van der Waals surface area contributed by atoms with Crippen LogP contribution < -0.4 is 10.5 Å². The standard InChI is InChI=1S/C15H18N2OS/c16-9-11-5-4-8-13-15(11)17-14(19-13)10-18-12-6-2-1-3-7-12/h1-3,6-7,11H,4-5,8-10,16H2. The van der Waals surface area contributed by atoms with Crippen LogP contribution >= 0.6 is 11.3 Å². The van der Waals surface area contributed by atoms with Crippen molar-refractivity contribution in [1.82, 2.24) is 4.98 Å². The first-order valence-corrected chi connectivity index (χ1v) is 7.55. The van der Waals surface area contributed by atoms with Crippen LogP contribution in [0.1, 0.15) is 34.3 Å². The Morgan fingerprint density at radius 2 is 2.16 bits per heavy atom. The predicted octanol–water partition coefficient (Wildman–Crippen LogP) is 3.10. The molecule has 1 unspecified atom stereocenters. The summed E-state index contributed by atoms with van der Waals surface area (Å²) >= 11 is 1.78. The Bertz CT molecular complexity index is 538. The van der Waals surface area contributed by atoms with E-state index in [4.69, 9.17) is 15.5 Å². The maximum absolute atomic E-state index is 5.83. The molecule has 4 heteroatoms. The van der Waals surface area contributed by atoms with Crippen molar-refractivity contribution in [3.63, 3.8) is 0 Å². The minimum Gasteiger partial charge on any atom is -0.486 e. The van der Waals surface area contributed by atoms with Crippen molar-refractivity contribution < 1.29 is 4.74 Å². The van der Waals surface area contributed by atoms with E-state index in [0.29, 0.717) is 19.1 Å². The van der Waals surface area contributed by atoms with Crippen LogP contribution in [-0.2, 0) is 13.0 Å². The number of nitrogens with two attached hydrogens (primary N) is 1. The first-order valence-electron chi connectivity index (χ1n) is 6.73. The van der Waals surface area contributed by atoms with Gasteiger partial charge in [0.15, 0.2) is 0 Å². The number of rotatable bonds is 4. The first kappa shape index (κ1) is 12.6. The molecule has 1 aromatic heterocycles. The molecule has 0 spiro atoms. The topological polar surface area (TPSA) is 48.1 Å². The molecular weight excluding hydrogens is 256 g/mol. The van der Waals surface area contributed by atoms with Gasteiger partial charge in [-0.05, 0) is 31.4 Å². The van der Waals surface area contributed by atoms with Crippen LogP contribution in [0.3, 0.4) is 0 Å². The van der Waals surface area contributed by atoms with Gasteiger partial charge in [0.05, 0.1) is 5.69 Å². The Morgan fingerprint density at radius 3 is 2.95 bits per heavy atom. The van der Waals surface area contributed by atoms with E-state index in [-0.39, 0.29) is 0 Å². The quantitative estimate of drug-likeness (QED) is 0.932. The smallest absolute Gasteiger partial charge is 0.140 e. The highest BCUT2D eigenvalue weighted by atomic mass is 32.1. The van der Waals surface area contributed by atoms with Crippen LogP contribution in [0.25, 0.3) is 0 Å². The molecule has 1 atom stereocenters. The van der Waals surface area contributed by atoms with Crippen molar-refractivity contribution in [3.8, 4) is 5.75 Å². The van der Waals surface area contributed by atoms with Gasteiger partial charge < -0.3 is 10.5 Å². The number of hydrogen-bond donors (Lipinski definition) is 1. The summed E-state index contributed by atoms with van der Waals surface area (Å²) < 4.78 is 5.76. The number of nitrogens with zero attached hydrogens (tertiary/aromatic N) is 1. The molecule has 0 fully saturated rings. The molecule has 0 radical (unpaired) electrons. The van der Waals surface area contributed by atoms with E-state index in [1.165, 1.54) is 23.4 Å². The van der Waals surface area contributed by atoms with Crippen molar-refractivity contribution in [1.29, 1.82) is 0 Å². The van der Waals surface area contributed by atoms with Gasteiger partial charge in [0, 0.05) is 17.3 Å². The molecule has 3 rings (SSSR count). The zero-order valence-corrected chi connectivity index (χ0v) is 11.7. The fraction of sp³-hybridized carbons (Fsp3) is 0.400. The minimum atomic E-state index is 0.450. The third kappa shape index (κ3) is 2.80. The highest BCUT2D eigenvalue weighted by molar-refractivity contribution is 7.11. The Kier molecular flexibility index (Phi) is 3.80. The number of fused-ring (bicyclic) bond motifs is 1. The first-order chi connectivity index (χ1) is 9.36.